The van der Waals surface area contributed by atoms with Crippen molar-refractivity contribution in [1.82, 2.24) is 4.90 Å². The lowest BCUT2D eigenvalue weighted by molar-refractivity contribution is 0.149. The highest BCUT2D eigenvalue weighted by atomic mass is 16.5. The van der Waals surface area contributed by atoms with E-state index < -0.39 is 0 Å². The minimum absolute atomic E-state index is 0.159. The average Bonchev–Trinajstić information content (AvgIpc) is 2.92. The minimum atomic E-state index is -0.159. The van der Waals surface area contributed by atoms with E-state index in [1.54, 1.807) is 12.0 Å². The zero-order valence-electron chi connectivity index (χ0n) is 14.2. The molecule has 0 unspecified atom stereocenters. The van der Waals surface area contributed by atoms with Crippen LogP contribution in [0.1, 0.15) is 22.6 Å². The predicted octanol–water partition coefficient (Wildman–Crippen LogP) is 3.89. The van der Waals surface area contributed by atoms with Gasteiger partial charge in [-0.15, -0.1) is 0 Å². The van der Waals surface area contributed by atoms with E-state index in [0.29, 0.717) is 19.7 Å². The molecule has 0 aliphatic heterocycles. The van der Waals surface area contributed by atoms with Crippen molar-refractivity contribution in [2.45, 2.75) is 27.3 Å². The van der Waals surface area contributed by atoms with Crippen molar-refractivity contribution in [2.75, 3.05) is 25.6 Å². The van der Waals surface area contributed by atoms with Crippen LogP contribution in [0.15, 0.2) is 34.7 Å². The van der Waals surface area contributed by atoms with Crippen molar-refractivity contribution in [3.8, 4) is 0 Å². The van der Waals surface area contributed by atoms with Crippen molar-refractivity contribution in [2.24, 2.45) is 0 Å². The molecule has 1 aromatic heterocycles. The third-order valence-electron chi connectivity index (χ3n) is 3.71. The smallest absolute Gasteiger partial charge is 0.322 e. The Labute approximate surface area is 137 Å². The molecule has 2 aromatic rings. The average molecular weight is 316 g/mol. The topological polar surface area (TPSA) is 54.7 Å². The van der Waals surface area contributed by atoms with Gasteiger partial charge in [0.15, 0.2) is 0 Å². The number of anilines is 1. The van der Waals surface area contributed by atoms with Gasteiger partial charge in [0.05, 0.1) is 13.2 Å². The van der Waals surface area contributed by atoms with Crippen molar-refractivity contribution in [1.29, 1.82) is 0 Å². The summed E-state index contributed by atoms with van der Waals surface area (Å²) in [5.74, 6) is 1.59. The number of aryl methyl sites for hydroxylation is 3. The number of furan rings is 1. The van der Waals surface area contributed by atoms with Crippen LogP contribution in [0.25, 0.3) is 0 Å². The molecule has 0 fully saturated rings. The van der Waals surface area contributed by atoms with Crippen LogP contribution in [-0.2, 0) is 11.3 Å². The van der Waals surface area contributed by atoms with Gasteiger partial charge in [-0.3, -0.25) is 0 Å². The number of benzene rings is 1. The van der Waals surface area contributed by atoms with Gasteiger partial charge in [0, 0.05) is 19.3 Å². The number of carbonyl (C=O) groups is 1. The Morgan fingerprint density at radius 3 is 2.43 bits per heavy atom. The molecule has 0 saturated heterocycles. The molecule has 0 spiro atoms. The molecule has 0 saturated carbocycles. The Balaban J connectivity index is 2.12. The molecule has 0 atom stereocenters. The largest absolute Gasteiger partial charge is 0.464 e. The van der Waals surface area contributed by atoms with Crippen molar-refractivity contribution in [3.05, 3.63) is 53.0 Å². The Kier molecular flexibility index (Phi) is 5.82. The molecule has 5 nitrogen and oxygen atoms in total. The molecular formula is C18H24N2O3. The number of para-hydroxylation sites is 1. The normalized spacial score (nSPS) is 10.6. The quantitative estimate of drug-likeness (QED) is 0.879. The minimum Gasteiger partial charge on any atom is -0.464 e. The number of urea groups is 1. The van der Waals surface area contributed by atoms with Crippen LogP contribution in [0.4, 0.5) is 10.5 Å². The van der Waals surface area contributed by atoms with Crippen LogP contribution in [0.3, 0.4) is 0 Å². The molecule has 2 amide bonds. The number of hydrogen-bond acceptors (Lipinski definition) is 3. The summed E-state index contributed by atoms with van der Waals surface area (Å²) >= 11 is 0. The van der Waals surface area contributed by atoms with Gasteiger partial charge >= 0.3 is 6.03 Å². The molecule has 0 radical (unpaired) electrons. The Bertz CT molecular complexity index is 644. The highest BCUT2D eigenvalue weighted by Gasteiger charge is 2.17. The zero-order valence-corrected chi connectivity index (χ0v) is 14.2. The van der Waals surface area contributed by atoms with E-state index in [4.69, 9.17) is 9.15 Å². The number of methoxy groups -OCH3 is 1. The molecular weight excluding hydrogens is 292 g/mol. The Morgan fingerprint density at radius 2 is 1.87 bits per heavy atom. The van der Waals surface area contributed by atoms with Gasteiger partial charge in [0.1, 0.15) is 11.5 Å². The van der Waals surface area contributed by atoms with Crippen LogP contribution >= 0.6 is 0 Å². The lowest BCUT2D eigenvalue weighted by atomic mass is 10.1. The molecule has 5 heteroatoms. The molecule has 0 bridgehead atoms. The van der Waals surface area contributed by atoms with E-state index in [9.17, 15) is 4.79 Å². The Morgan fingerprint density at radius 1 is 1.17 bits per heavy atom. The third-order valence-corrected chi connectivity index (χ3v) is 3.71. The van der Waals surface area contributed by atoms with Crippen LogP contribution in [0, 0.1) is 20.8 Å². The van der Waals surface area contributed by atoms with Gasteiger partial charge in [0.25, 0.3) is 0 Å². The molecule has 0 aliphatic carbocycles. The van der Waals surface area contributed by atoms with Gasteiger partial charge in [-0.1, -0.05) is 18.2 Å². The van der Waals surface area contributed by atoms with Crippen LogP contribution in [-0.4, -0.2) is 31.2 Å². The summed E-state index contributed by atoms with van der Waals surface area (Å²) in [7, 11) is 1.62. The molecule has 0 aliphatic rings. The number of hydrogen-bond donors (Lipinski definition) is 1. The highest BCUT2D eigenvalue weighted by Crippen LogP contribution is 2.20. The number of nitrogens with zero attached hydrogens (tertiary/aromatic N) is 1. The monoisotopic (exact) mass is 316 g/mol. The number of nitrogens with one attached hydrogen (secondary N) is 1. The summed E-state index contributed by atoms with van der Waals surface area (Å²) in [4.78, 5) is 14.3. The molecule has 1 N–H and O–H groups in total. The van der Waals surface area contributed by atoms with Crippen LogP contribution < -0.4 is 5.32 Å². The van der Waals surface area contributed by atoms with E-state index >= 15 is 0 Å². The van der Waals surface area contributed by atoms with E-state index in [0.717, 1.165) is 28.3 Å². The first kappa shape index (κ1) is 17.1. The first-order valence-corrected chi connectivity index (χ1v) is 7.67. The maximum atomic E-state index is 12.7. The van der Waals surface area contributed by atoms with Gasteiger partial charge in [-0.25, -0.2) is 4.79 Å². The van der Waals surface area contributed by atoms with Crippen molar-refractivity contribution < 1.29 is 13.9 Å². The number of amides is 2. The van der Waals surface area contributed by atoms with Crippen LogP contribution in [0.2, 0.25) is 0 Å². The van der Waals surface area contributed by atoms with Gasteiger partial charge in [-0.2, -0.15) is 0 Å². The van der Waals surface area contributed by atoms with E-state index in [2.05, 4.69) is 5.32 Å². The molecule has 2 rings (SSSR count). The second-order valence-corrected chi connectivity index (χ2v) is 5.62. The predicted molar refractivity (Wildman–Crippen MR) is 90.7 cm³/mol. The zero-order chi connectivity index (χ0) is 16.8. The highest BCUT2D eigenvalue weighted by molar-refractivity contribution is 5.91. The summed E-state index contributed by atoms with van der Waals surface area (Å²) in [6, 6.07) is 9.58. The van der Waals surface area contributed by atoms with E-state index in [1.165, 1.54) is 0 Å². The molecule has 124 valence electrons. The number of rotatable bonds is 6. The molecule has 1 aromatic carbocycles. The summed E-state index contributed by atoms with van der Waals surface area (Å²) in [5, 5.41) is 3.00. The molecule has 1 heterocycles. The number of carbonyl (C=O) groups excluding carboxylic acids is 1. The second-order valence-electron chi connectivity index (χ2n) is 5.62. The number of ether oxygens (including phenoxy) is 1. The fraction of sp³-hybridized carbons (Fsp3) is 0.389. The van der Waals surface area contributed by atoms with Crippen molar-refractivity contribution >= 4 is 11.7 Å². The lowest BCUT2D eigenvalue weighted by Gasteiger charge is -2.23. The maximum Gasteiger partial charge on any atom is 0.322 e. The fourth-order valence-electron chi connectivity index (χ4n) is 2.41. The summed E-state index contributed by atoms with van der Waals surface area (Å²) in [5.41, 5.74) is 2.94. The SMILES string of the molecule is COCCN(Cc1ccc(C)o1)C(=O)Nc1c(C)cccc1C. The van der Waals surface area contributed by atoms with Gasteiger partial charge < -0.3 is 19.4 Å². The van der Waals surface area contributed by atoms with Gasteiger partial charge in [0.2, 0.25) is 0 Å². The molecule has 23 heavy (non-hydrogen) atoms. The van der Waals surface area contributed by atoms with Gasteiger partial charge in [-0.05, 0) is 44.0 Å². The lowest BCUT2D eigenvalue weighted by Crippen LogP contribution is -2.37. The first-order valence-electron chi connectivity index (χ1n) is 7.67. The summed E-state index contributed by atoms with van der Waals surface area (Å²) < 4.78 is 10.7. The van der Waals surface area contributed by atoms with Crippen LogP contribution in [0.5, 0.6) is 0 Å². The summed E-state index contributed by atoms with van der Waals surface area (Å²) in [6.45, 7) is 7.23. The first-order chi connectivity index (χ1) is 11.0. The van der Waals surface area contributed by atoms with E-state index in [-0.39, 0.29) is 6.03 Å². The van der Waals surface area contributed by atoms with E-state index in [1.807, 2.05) is 51.1 Å². The maximum absolute atomic E-state index is 12.7. The summed E-state index contributed by atoms with van der Waals surface area (Å²) in [6.07, 6.45) is 0. The van der Waals surface area contributed by atoms with Crippen molar-refractivity contribution in [3.63, 3.8) is 0 Å². The standard InChI is InChI=1S/C18H24N2O3/c1-13-6-5-7-14(2)17(13)19-18(21)20(10-11-22-4)12-16-9-8-15(3)23-16/h5-9H,10-12H2,1-4H3,(H,19,21). The Hall–Kier alpha value is -2.27. The fourth-order valence-corrected chi connectivity index (χ4v) is 2.41. The third kappa shape index (κ3) is 4.60. The second kappa shape index (κ2) is 7.83.